The molecule has 2 aliphatic heterocycles. The Bertz CT molecular complexity index is 745. The minimum absolute atomic E-state index is 0.0759. The molecule has 0 spiro atoms. The van der Waals surface area contributed by atoms with Crippen molar-refractivity contribution in [1.82, 2.24) is 20.3 Å². The number of rotatable bonds is 3. The molecule has 0 atom stereocenters. The Balaban J connectivity index is 1.35. The number of piperidine rings is 1. The van der Waals surface area contributed by atoms with Crippen LogP contribution in [0.4, 0.5) is 11.6 Å². The zero-order valence-electron chi connectivity index (χ0n) is 15.1. The van der Waals surface area contributed by atoms with Crippen molar-refractivity contribution in [3.63, 3.8) is 0 Å². The summed E-state index contributed by atoms with van der Waals surface area (Å²) in [6, 6.07) is 5.78. The zero-order chi connectivity index (χ0) is 17.9. The van der Waals surface area contributed by atoms with Crippen molar-refractivity contribution in [1.29, 1.82) is 0 Å². The lowest BCUT2D eigenvalue weighted by atomic mass is 10.1. The molecule has 2 aromatic heterocycles. The fourth-order valence-electron chi connectivity index (χ4n) is 3.55. The number of carbonyl (C=O) groups is 1. The summed E-state index contributed by atoms with van der Waals surface area (Å²) in [6.07, 6.45) is 3.76. The van der Waals surface area contributed by atoms with Crippen LogP contribution in [0.15, 0.2) is 22.7 Å². The van der Waals surface area contributed by atoms with E-state index in [0.717, 1.165) is 37.8 Å². The minimum Gasteiger partial charge on any atom is -0.361 e. The third-order valence-electron chi connectivity index (χ3n) is 5.05. The van der Waals surface area contributed by atoms with Crippen LogP contribution >= 0.6 is 0 Å². The van der Waals surface area contributed by atoms with Crippen LogP contribution in [-0.4, -0.2) is 65.4 Å². The van der Waals surface area contributed by atoms with Crippen molar-refractivity contribution in [3.8, 4) is 0 Å². The fraction of sp³-hybridized carbons (Fsp3) is 0.556. The summed E-state index contributed by atoms with van der Waals surface area (Å²) in [5, 5.41) is 12.6. The summed E-state index contributed by atoms with van der Waals surface area (Å²) in [7, 11) is 0. The second kappa shape index (κ2) is 7.31. The zero-order valence-corrected chi connectivity index (χ0v) is 15.1. The lowest BCUT2D eigenvalue weighted by Crippen LogP contribution is -2.49. The van der Waals surface area contributed by atoms with Gasteiger partial charge in [-0.05, 0) is 38.3 Å². The quantitative estimate of drug-likeness (QED) is 0.828. The molecule has 0 radical (unpaired) electrons. The molecule has 2 fully saturated rings. The molecule has 26 heavy (non-hydrogen) atoms. The third-order valence-corrected chi connectivity index (χ3v) is 5.05. The van der Waals surface area contributed by atoms with Gasteiger partial charge in [0.05, 0.1) is 0 Å². The van der Waals surface area contributed by atoms with E-state index in [1.165, 1.54) is 19.3 Å². The fourth-order valence-corrected chi connectivity index (χ4v) is 3.55. The molecule has 4 heterocycles. The molecule has 138 valence electrons. The van der Waals surface area contributed by atoms with Gasteiger partial charge in [0.15, 0.2) is 17.3 Å². The summed E-state index contributed by atoms with van der Waals surface area (Å²) in [5.41, 5.74) is 0.377. The number of aromatic nitrogens is 3. The van der Waals surface area contributed by atoms with Gasteiger partial charge in [-0.3, -0.25) is 4.79 Å². The minimum atomic E-state index is -0.0759. The second-order valence-corrected chi connectivity index (χ2v) is 6.90. The smallest absolute Gasteiger partial charge is 0.276 e. The predicted molar refractivity (Wildman–Crippen MR) is 97.5 cm³/mol. The van der Waals surface area contributed by atoms with Crippen LogP contribution in [0.25, 0.3) is 0 Å². The molecular weight excluding hydrogens is 332 g/mol. The maximum absolute atomic E-state index is 12.4. The second-order valence-electron chi connectivity index (χ2n) is 6.90. The van der Waals surface area contributed by atoms with Gasteiger partial charge in [-0.15, -0.1) is 10.2 Å². The highest BCUT2D eigenvalue weighted by Crippen LogP contribution is 2.20. The van der Waals surface area contributed by atoms with E-state index in [1.807, 2.05) is 11.0 Å². The normalized spacial score (nSPS) is 18.3. The Morgan fingerprint density at radius 3 is 2.08 bits per heavy atom. The van der Waals surface area contributed by atoms with Crippen molar-refractivity contribution in [2.24, 2.45) is 0 Å². The molecule has 2 aliphatic rings. The van der Waals surface area contributed by atoms with Gasteiger partial charge in [-0.25, -0.2) is 0 Å². The molecule has 4 rings (SSSR count). The van der Waals surface area contributed by atoms with E-state index in [1.54, 1.807) is 13.0 Å². The Morgan fingerprint density at radius 1 is 0.923 bits per heavy atom. The molecule has 0 aliphatic carbocycles. The average Bonchev–Trinajstić information content (AvgIpc) is 3.15. The van der Waals surface area contributed by atoms with Gasteiger partial charge in [0.25, 0.3) is 5.91 Å². The van der Waals surface area contributed by atoms with Gasteiger partial charge in [-0.1, -0.05) is 5.16 Å². The molecule has 0 unspecified atom stereocenters. The number of aryl methyl sites for hydroxylation is 1. The van der Waals surface area contributed by atoms with Crippen LogP contribution < -0.4 is 9.80 Å². The number of carbonyl (C=O) groups excluding carboxylic acids is 1. The third kappa shape index (κ3) is 3.49. The van der Waals surface area contributed by atoms with Crippen molar-refractivity contribution in [2.75, 3.05) is 49.1 Å². The molecular formula is C18H24N6O2. The Morgan fingerprint density at radius 2 is 1.54 bits per heavy atom. The summed E-state index contributed by atoms with van der Waals surface area (Å²) in [6.45, 7) is 6.67. The van der Waals surface area contributed by atoms with Crippen LogP contribution in [-0.2, 0) is 0 Å². The molecule has 1 amide bonds. The predicted octanol–water partition coefficient (Wildman–Crippen LogP) is 1.73. The van der Waals surface area contributed by atoms with Gasteiger partial charge in [-0.2, -0.15) is 0 Å². The van der Waals surface area contributed by atoms with E-state index in [2.05, 4.69) is 31.2 Å². The van der Waals surface area contributed by atoms with Crippen LogP contribution in [0.3, 0.4) is 0 Å². The highest BCUT2D eigenvalue weighted by Gasteiger charge is 2.25. The Hall–Kier alpha value is -2.64. The van der Waals surface area contributed by atoms with Crippen molar-refractivity contribution in [2.45, 2.75) is 26.2 Å². The summed E-state index contributed by atoms with van der Waals surface area (Å²) in [5.74, 6) is 2.41. The number of nitrogens with zero attached hydrogens (tertiary/aromatic N) is 6. The van der Waals surface area contributed by atoms with Gasteiger partial charge in [0, 0.05) is 45.3 Å². The number of hydrogen-bond donors (Lipinski definition) is 0. The van der Waals surface area contributed by atoms with E-state index >= 15 is 0 Å². The highest BCUT2D eigenvalue weighted by atomic mass is 16.5. The SMILES string of the molecule is Cc1cc(C(=O)N2CCN(c3ccc(N4CCCCC4)nn3)CC2)no1. The van der Waals surface area contributed by atoms with Crippen molar-refractivity contribution < 1.29 is 9.32 Å². The first-order valence-electron chi connectivity index (χ1n) is 9.27. The lowest BCUT2D eigenvalue weighted by molar-refractivity contribution is 0.0736. The van der Waals surface area contributed by atoms with E-state index in [-0.39, 0.29) is 5.91 Å². The van der Waals surface area contributed by atoms with Crippen LogP contribution in [0.2, 0.25) is 0 Å². The molecule has 0 saturated carbocycles. The average molecular weight is 356 g/mol. The topological polar surface area (TPSA) is 78.6 Å². The molecule has 2 aromatic rings. The van der Waals surface area contributed by atoms with Gasteiger partial charge in [0.2, 0.25) is 0 Å². The highest BCUT2D eigenvalue weighted by molar-refractivity contribution is 5.92. The first-order valence-corrected chi connectivity index (χ1v) is 9.27. The van der Waals surface area contributed by atoms with E-state index in [0.29, 0.717) is 24.5 Å². The van der Waals surface area contributed by atoms with Crippen molar-refractivity contribution >= 4 is 17.5 Å². The Kier molecular flexibility index (Phi) is 4.73. The maximum atomic E-state index is 12.4. The summed E-state index contributed by atoms with van der Waals surface area (Å²) >= 11 is 0. The van der Waals surface area contributed by atoms with Crippen molar-refractivity contribution in [3.05, 3.63) is 29.7 Å². The number of piperazine rings is 1. The first kappa shape index (κ1) is 16.8. The molecule has 0 aromatic carbocycles. The molecule has 8 nitrogen and oxygen atoms in total. The van der Waals surface area contributed by atoms with Gasteiger partial charge < -0.3 is 19.2 Å². The lowest BCUT2D eigenvalue weighted by Gasteiger charge is -2.35. The maximum Gasteiger partial charge on any atom is 0.276 e. The summed E-state index contributed by atoms with van der Waals surface area (Å²) in [4.78, 5) is 18.7. The Labute approximate surface area is 152 Å². The van der Waals surface area contributed by atoms with Crippen LogP contribution in [0, 0.1) is 6.92 Å². The monoisotopic (exact) mass is 356 g/mol. The van der Waals surface area contributed by atoms with E-state index < -0.39 is 0 Å². The van der Waals surface area contributed by atoms with E-state index in [4.69, 9.17) is 4.52 Å². The standard InChI is InChI=1S/C18H24N6O2/c1-14-13-15(21-26-14)18(25)24-11-9-23(10-12-24)17-6-5-16(19-20-17)22-7-3-2-4-8-22/h5-6,13H,2-4,7-12H2,1H3. The van der Waals surface area contributed by atoms with Crippen LogP contribution in [0.1, 0.15) is 35.5 Å². The van der Waals surface area contributed by atoms with Gasteiger partial charge in [0.1, 0.15) is 5.76 Å². The largest absolute Gasteiger partial charge is 0.361 e. The van der Waals surface area contributed by atoms with Gasteiger partial charge >= 0.3 is 0 Å². The molecule has 0 N–H and O–H groups in total. The van der Waals surface area contributed by atoms with Crippen LogP contribution in [0.5, 0.6) is 0 Å². The number of hydrogen-bond acceptors (Lipinski definition) is 7. The molecule has 8 heteroatoms. The molecule has 0 bridgehead atoms. The summed E-state index contributed by atoms with van der Waals surface area (Å²) < 4.78 is 5.00. The van der Waals surface area contributed by atoms with E-state index in [9.17, 15) is 4.79 Å². The molecule has 2 saturated heterocycles. The number of amides is 1. The number of anilines is 2. The first-order chi connectivity index (χ1) is 12.7.